The Morgan fingerprint density at radius 2 is 2.00 bits per heavy atom. The van der Waals surface area contributed by atoms with Gasteiger partial charge in [0.25, 0.3) is 15.9 Å². The van der Waals surface area contributed by atoms with Crippen molar-refractivity contribution < 1.29 is 17.4 Å². The summed E-state index contributed by atoms with van der Waals surface area (Å²) in [6, 6.07) is 11.8. The number of nitrogens with zero attached hydrogens (tertiary/aromatic N) is 3. The van der Waals surface area contributed by atoms with Crippen molar-refractivity contribution in [3.8, 4) is 22.1 Å². The van der Waals surface area contributed by atoms with E-state index in [9.17, 15) is 8.42 Å². The van der Waals surface area contributed by atoms with Crippen LogP contribution in [0.25, 0.3) is 22.1 Å². The zero-order valence-corrected chi connectivity index (χ0v) is 16.0. The maximum atomic E-state index is 12.8. The molecule has 1 N–H and O–H groups in total. The highest BCUT2D eigenvalue weighted by Gasteiger charge is 2.30. The van der Waals surface area contributed by atoms with Gasteiger partial charge in [0, 0.05) is 23.2 Å². The summed E-state index contributed by atoms with van der Waals surface area (Å²) in [6.45, 7) is 0. The summed E-state index contributed by atoms with van der Waals surface area (Å²) in [5.41, 5.74) is 1.15. The molecule has 0 saturated heterocycles. The standard InChI is InChI=1S/C18H14N4O4S2/c23-28(24,22-13-3-1-2-12(10-13)14-8-9-19-26-14)16-7-6-15(27-16)18-21-20-17(25-18)11-4-5-11/h1-3,6-11,22H,4-5H2. The highest BCUT2D eigenvalue weighted by molar-refractivity contribution is 7.94. The molecule has 1 aliphatic carbocycles. The summed E-state index contributed by atoms with van der Waals surface area (Å²) in [5, 5.41) is 11.7. The Morgan fingerprint density at radius 3 is 2.79 bits per heavy atom. The number of hydrogen-bond donors (Lipinski definition) is 1. The first-order valence-electron chi connectivity index (χ1n) is 8.56. The fourth-order valence-corrected chi connectivity index (χ4v) is 4.99. The van der Waals surface area contributed by atoms with Gasteiger partial charge in [0.1, 0.15) is 4.21 Å². The van der Waals surface area contributed by atoms with Crippen LogP contribution in [0.15, 0.2) is 61.8 Å². The van der Waals surface area contributed by atoms with Crippen LogP contribution >= 0.6 is 11.3 Å². The van der Waals surface area contributed by atoms with Crippen LogP contribution in [0.1, 0.15) is 24.7 Å². The van der Waals surface area contributed by atoms with Crippen molar-refractivity contribution >= 4 is 27.0 Å². The third kappa shape index (κ3) is 3.32. The van der Waals surface area contributed by atoms with E-state index in [-0.39, 0.29) is 4.21 Å². The Bertz CT molecular complexity index is 1220. The summed E-state index contributed by atoms with van der Waals surface area (Å²) in [4.78, 5) is 0.621. The number of thiophene rings is 1. The first-order chi connectivity index (χ1) is 13.6. The topological polar surface area (TPSA) is 111 Å². The van der Waals surface area contributed by atoms with Gasteiger partial charge in [-0.3, -0.25) is 4.72 Å². The molecule has 3 aromatic heterocycles. The molecule has 1 fully saturated rings. The van der Waals surface area contributed by atoms with Crippen LogP contribution in [-0.4, -0.2) is 23.8 Å². The molecule has 5 rings (SSSR count). The maximum Gasteiger partial charge on any atom is 0.271 e. The Hall–Kier alpha value is -2.98. The molecular formula is C18H14N4O4S2. The molecular weight excluding hydrogens is 400 g/mol. The highest BCUT2D eigenvalue weighted by atomic mass is 32.2. The van der Waals surface area contributed by atoms with Crippen LogP contribution in [0, 0.1) is 0 Å². The van der Waals surface area contributed by atoms with Gasteiger partial charge in [-0.15, -0.1) is 21.5 Å². The van der Waals surface area contributed by atoms with Crippen molar-refractivity contribution in [3.63, 3.8) is 0 Å². The SMILES string of the molecule is O=S(=O)(Nc1cccc(-c2ccno2)c1)c1ccc(-c2nnc(C3CC3)o2)s1. The van der Waals surface area contributed by atoms with Crippen LogP contribution in [0.5, 0.6) is 0 Å². The monoisotopic (exact) mass is 414 g/mol. The summed E-state index contributed by atoms with van der Waals surface area (Å²) in [7, 11) is -3.75. The molecule has 0 atom stereocenters. The Labute approximate surface area is 164 Å². The summed E-state index contributed by atoms with van der Waals surface area (Å²) in [6.07, 6.45) is 3.65. The van der Waals surface area contributed by atoms with Gasteiger partial charge in [-0.05, 0) is 37.1 Å². The van der Waals surface area contributed by atoms with Crippen LogP contribution in [0.3, 0.4) is 0 Å². The van der Waals surface area contributed by atoms with Crippen LogP contribution in [-0.2, 0) is 10.0 Å². The Balaban J connectivity index is 1.38. The molecule has 0 radical (unpaired) electrons. The van der Waals surface area contributed by atoms with Gasteiger partial charge in [0.05, 0.1) is 11.1 Å². The molecule has 142 valence electrons. The maximum absolute atomic E-state index is 12.8. The number of hydrogen-bond acceptors (Lipinski definition) is 8. The fourth-order valence-electron chi connectivity index (χ4n) is 2.72. The van der Waals surface area contributed by atoms with Crippen molar-refractivity contribution in [2.75, 3.05) is 4.72 Å². The van der Waals surface area contributed by atoms with E-state index in [2.05, 4.69) is 20.1 Å². The molecule has 0 bridgehead atoms. The summed E-state index contributed by atoms with van der Waals surface area (Å²) in [5.74, 6) is 1.88. The van der Waals surface area contributed by atoms with Crippen molar-refractivity contribution in [2.45, 2.75) is 23.0 Å². The van der Waals surface area contributed by atoms with E-state index >= 15 is 0 Å². The van der Waals surface area contributed by atoms with Crippen LogP contribution in [0.4, 0.5) is 5.69 Å². The van der Waals surface area contributed by atoms with E-state index in [1.165, 1.54) is 12.3 Å². The molecule has 3 heterocycles. The lowest BCUT2D eigenvalue weighted by Gasteiger charge is -2.07. The molecule has 0 unspecified atom stereocenters. The number of anilines is 1. The normalized spacial score (nSPS) is 14.3. The zero-order valence-electron chi connectivity index (χ0n) is 14.4. The minimum Gasteiger partial charge on any atom is -0.420 e. The van der Waals surface area contributed by atoms with E-state index in [0.717, 1.165) is 29.7 Å². The number of aromatic nitrogens is 3. The van der Waals surface area contributed by atoms with E-state index in [1.54, 1.807) is 30.3 Å². The largest absolute Gasteiger partial charge is 0.420 e. The van der Waals surface area contributed by atoms with Crippen LogP contribution in [0.2, 0.25) is 0 Å². The average molecular weight is 414 g/mol. The third-order valence-electron chi connectivity index (χ3n) is 4.26. The second-order valence-corrected chi connectivity index (χ2v) is 9.39. The van der Waals surface area contributed by atoms with Gasteiger partial charge < -0.3 is 8.94 Å². The highest BCUT2D eigenvalue weighted by Crippen LogP contribution is 2.40. The molecule has 28 heavy (non-hydrogen) atoms. The quantitative estimate of drug-likeness (QED) is 0.505. The van der Waals surface area contributed by atoms with Crippen molar-refractivity contribution in [1.82, 2.24) is 15.4 Å². The predicted octanol–water partition coefficient (Wildman–Crippen LogP) is 4.13. The molecule has 0 aliphatic heterocycles. The fraction of sp³-hybridized carbons (Fsp3) is 0.167. The summed E-state index contributed by atoms with van der Waals surface area (Å²) < 4.78 is 39.1. The minimum atomic E-state index is -3.75. The van der Waals surface area contributed by atoms with Gasteiger partial charge in [-0.2, -0.15) is 0 Å². The van der Waals surface area contributed by atoms with Gasteiger partial charge in [-0.1, -0.05) is 17.3 Å². The lowest BCUT2D eigenvalue weighted by molar-refractivity contribution is 0.432. The first-order valence-corrected chi connectivity index (χ1v) is 10.9. The second-order valence-electron chi connectivity index (χ2n) is 6.40. The smallest absolute Gasteiger partial charge is 0.271 e. The van der Waals surface area contributed by atoms with Gasteiger partial charge in [0.15, 0.2) is 5.76 Å². The van der Waals surface area contributed by atoms with Gasteiger partial charge in [-0.25, -0.2) is 8.42 Å². The van der Waals surface area contributed by atoms with Crippen molar-refractivity contribution in [1.29, 1.82) is 0 Å². The van der Waals surface area contributed by atoms with Crippen molar-refractivity contribution in [2.24, 2.45) is 0 Å². The van der Waals surface area contributed by atoms with Gasteiger partial charge in [0.2, 0.25) is 5.89 Å². The predicted molar refractivity (Wildman–Crippen MR) is 102 cm³/mol. The van der Waals surface area contributed by atoms with Crippen LogP contribution < -0.4 is 4.72 Å². The van der Waals surface area contributed by atoms with Crippen molar-refractivity contribution in [3.05, 3.63) is 54.6 Å². The Kier molecular flexibility index (Phi) is 4.02. The number of rotatable bonds is 6. The zero-order chi connectivity index (χ0) is 19.1. The van der Waals surface area contributed by atoms with E-state index in [1.807, 2.05) is 6.07 Å². The molecule has 10 heteroatoms. The molecule has 0 spiro atoms. The van der Waals surface area contributed by atoms with Gasteiger partial charge >= 0.3 is 0 Å². The van der Waals surface area contributed by atoms with E-state index in [0.29, 0.717) is 34.0 Å². The lowest BCUT2D eigenvalue weighted by atomic mass is 10.1. The molecule has 1 saturated carbocycles. The molecule has 1 aliphatic rings. The lowest BCUT2D eigenvalue weighted by Crippen LogP contribution is -2.11. The molecule has 8 nitrogen and oxygen atoms in total. The number of sulfonamides is 1. The summed E-state index contributed by atoms with van der Waals surface area (Å²) >= 11 is 1.08. The minimum absolute atomic E-state index is 0.166. The second kappa shape index (κ2) is 6.57. The molecule has 4 aromatic rings. The number of benzene rings is 1. The molecule has 0 amide bonds. The Morgan fingerprint density at radius 1 is 1.11 bits per heavy atom. The van der Waals surface area contributed by atoms with E-state index in [4.69, 9.17) is 8.94 Å². The number of nitrogens with one attached hydrogen (secondary N) is 1. The first kappa shape index (κ1) is 17.1. The average Bonchev–Trinajstić information content (AvgIpc) is 3.15. The molecule has 1 aromatic carbocycles. The van der Waals surface area contributed by atoms with E-state index < -0.39 is 10.0 Å². The third-order valence-corrected chi connectivity index (χ3v) is 7.21.